The maximum atomic E-state index is 12.3. The van der Waals surface area contributed by atoms with E-state index in [2.05, 4.69) is 5.43 Å². The van der Waals surface area contributed by atoms with Crippen molar-refractivity contribution in [3.05, 3.63) is 75.3 Å². The molecule has 1 aliphatic heterocycles. The lowest BCUT2D eigenvalue weighted by molar-refractivity contribution is -0.384. The molecule has 1 atom stereocenters. The SMILES string of the molecule is Cc1cccc(C(=O)NN2CC(C(=O)OCC(=O)c3cccc([N+](=O)[O-])c3)CC2=O)c1. The van der Waals surface area contributed by atoms with E-state index >= 15 is 0 Å². The van der Waals surface area contributed by atoms with Gasteiger partial charge in [-0.15, -0.1) is 0 Å². The lowest BCUT2D eigenvalue weighted by Crippen LogP contribution is -2.43. The normalized spacial score (nSPS) is 15.5. The fraction of sp³-hybridized carbons (Fsp3) is 0.238. The lowest BCUT2D eigenvalue weighted by Gasteiger charge is -2.17. The molecule has 0 radical (unpaired) electrons. The summed E-state index contributed by atoms with van der Waals surface area (Å²) in [5.74, 6) is -3.14. The van der Waals surface area contributed by atoms with E-state index in [9.17, 15) is 29.3 Å². The van der Waals surface area contributed by atoms with E-state index < -0.39 is 41.0 Å². The fourth-order valence-corrected chi connectivity index (χ4v) is 3.08. The molecule has 1 fully saturated rings. The second-order valence-electron chi connectivity index (χ2n) is 7.05. The number of benzene rings is 2. The number of nitro groups is 1. The van der Waals surface area contributed by atoms with Crippen LogP contribution in [-0.2, 0) is 14.3 Å². The van der Waals surface area contributed by atoms with Gasteiger partial charge in [0.1, 0.15) is 0 Å². The van der Waals surface area contributed by atoms with Crippen molar-refractivity contribution in [3.63, 3.8) is 0 Å². The van der Waals surface area contributed by atoms with Crippen molar-refractivity contribution < 1.29 is 28.8 Å². The molecule has 3 rings (SSSR count). The standard InChI is InChI=1S/C21H19N3O7/c1-13-4-2-6-15(8-13)20(27)22-23-11-16(10-19(23)26)21(28)31-12-18(25)14-5-3-7-17(9-14)24(29)30/h2-9,16H,10-12H2,1H3,(H,22,27). The summed E-state index contributed by atoms with van der Waals surface area (Å²) in [5.41, 5.74) is 3.52. The Hall–Kier alpha value is -4.08. The number of amides is 2. The lowest BCUT2D eigenvalue weighted by atomic mass is 10.1. The summed E-state index contributed by atoms with van der Waals surface area (Å²) in [6.45, 7) is 1.14. The van der Waals surface area contributed by atoms with Gasteiger partial charge in [0.2, 0.25) is 11.7 Å². The van der Waals surface area contributed by atoms with Crippen LogP contribution in [0, 0.1) is 23.0 Å². The monoisotopic (exact) mass is 425 g/mol. The number of ketones is 1. The molecule has 10 nitrogen and oxygen atoms in total. The fourth-order valence-electron chi connectivity index (χ4n) is 3.08. The van der Waals surface area contributed by atoms with Crippen molar-refractivity contribution in [2.45, 2.75) is 13.3 Å². The Morgan fingerprint density at radius 2 is 1.87 bits per heavy atom. The topological polar surface area (TPSA) is 136 Å². The Morgan fingerprint density at radius 1 is 1.16 bits per heavy atom. The maximum absolute atomic E-state index is 12.3. The predicted octanol–water partition coefficient (Wildman–Crippen LogP) is 1.82. The van der Waals surface area contributed by atoms with Gasteiger partial charge in [0.05, 0.1) is 17.4 Å². The smallest absolute Gasteiger partial charge is 0.311 e. The third-order valence-electron chi connectivity index (χ3n) is 4.70. The molecule has 1 aliphatic rings. The van der Waals surface area contributed by atoms with Crippen LogP contribution in [0.4, 0.5) is 5.69 Å². The number of aryl methyl sites for hydroxylation is 1. The van der Waals surface area contributed by atoms with Gasteiger partial charge in [0.25, 0.3) is 11.6 Å². The second-order valence-corrected chi connectivity index (χ2v) is 7.05. The van der Waals surface area contributed by atoms with Crippen molar-refractivity contribution in [1.29, 1.82) is 0 Å². The van der Waals surface area contributed by atoms with Crippen molar-refractivity contribution in [2.75, 3.05) is 13.2 Å². The molecule has 2 aromatic rings. The number of Topliss-reactive ketones (excluding diaryl/α,β-unsaturated/α-hetero) is 1. The largest absolute Gasteiger partial charge is 0.457 e. The molecule has 1 N–H and O–H groups in total. The summed E-state index contributed by atoms with van der Waals surface area (Å²) in [7, 11) is 0. The van der Waals surface area contributed by atoms with Gasteiger partial charge in [-0.3, -0.25) is 39.7 Å². The Balaban J connectivity index is 1.54. The van der Waals surface area contributed by atoms with Crippen LogP contribution < -0.4 is 5.43 Å². The first kappa shape index (κ1) is 21.6. The number of hydrazine groups is 1. The zero-order chi connectivity index (χ0) is 22.5. The molecule has 160 valence electrons. The summed E-state index contributed by atoms with van der Waals surface area (Å²) in [5, 5.41) is 11.9. The van der Waals surface area contributed by atoms with Crippen molar-refractivity contribution in [1.82, 2.24) is 10.4 Å². The summed E-state index contributed by atoms with van der Waals surface area (Å²) in [6.07, 6.45) is -0.169. The molecule has 31 heavy (non-hydrogen) atoms. The van der Waals surface area contributed by atoms with Gasteiger partial charge in [-0.2, -0.15) is 0 Å². The molecule has 0 bridgehead atoms. The van der Waals surface area contributed by atoms with Gasteiger partial charge < -0.3 is 4.74 Å². The third-order valence-corrected chi connectivity index (χ3v) is 4.70. The Kier molecular flexibility index (Phi) is 6.39. The summed E-state index contributed by atoms with van der Waals surface area (Å²) < 4.78 is 4.99. The molecule has 0 aliphatic carbocycles. The molecule has 0 spiro atoms. The Bertz CT molecular complexity index is 1070. The molecule has 1 saturated heterocycles. The second kappa shape index (κ2) is 9.16. The van der Waals surface area contributed by atoms with E-state index in [1.807, 2.05) is 13.0 Å². The van der Waals surface area contributed by atoms with E-state index in [0.29, 0.717) is 5.56 Å². The number of rotatable bonds is 7. The number of esters is 1. The Morgan fingerprint density at radius 3 is 2.58 bits per heavy atom. The van der Waals surface area contributed by atoms with Gasteiger partial charge in [0, 0.05) is 29.7 Å². The van der Waals surface area contributed by atoms with Crippen LogP contribution in [0.5, 0.6) is 0 Å². The minimum absolute atomic E-state index is 0.0385. The average molecular weight is 425 g/mol. The molecular formula is C21H19N3O7. The first-order chi connectivity index (χ1) is 14.7. The maximum Gasteiger partial charge on any atom is 0.311 e. The van der Waals surface area contributed by atoms with E-state index in [1.165, 1.54) is 18.2 Å². The van der Waals surface area contributed by atoms with Gasteiger partial charge in [0.15, 0.2) is 6.61 Å². The molecule has 2 amide bonds. The molecular weight excluding hydrogens is 406 g/mol. The average Bonchev–Trinajstić information content (AvgIpc) is 3.12. The van der Waals surface area contributed by atoms with E-state index in [4.69, 9.17) is 4.74 Å². The summed E-state index contributed by atoms with van der Waals surface area (Å²) >= 11 is 0. The molecule has 1 unspecified atom stereocenters. The first-order valence-corrected chi connectivity index (χ1v) is 9.37. The highest BCUT2D eigenvalue weighted by Crippen LogP contribution is 2.19. The number of hydrogen-bond acceptors (Lipinski definition) is 7. The van der Waals surface area contributed by atoms with Crippen molar-refractivity contribution >= 4 is 29.3 Å². The minimum Gasteiger partial charge on any atom is -0.457 e. The van der Waals surface area contributed by atoms with Crippen LogP contribution in [0.25, 0.3) is 0 Å². The minimum atomic E-state index is -0.844. The number of nitrogens with one attached hydrogen (secondary N) is 1. The van der Waals surface area contributed by atoms with Gasteiger partial charge in [-0.1, -0.05) is 29.8 Å². The number of nitro benzene ring substituents is 1. The summed E-state index contributed by atoms with van der Waals surface area (Å²) in [4.78, 5) is 59.1. The van der Waals surface area contributed by atoms with E-state index in [0.717, 1.165) is 16.6 Å². The number of nitrogens with zero attached hydrogens (tertiary/aromatic N) is 2. The zero-order valence-corrected chi connectivity index (χ0v) is 16.6. The predicted molar refractivity (Wildman–Crippen MR) is 107 cm³/mol. The third kappa shape index (κ3) is 5.30. The van der Waals surface area contributed by atoms with Gasteiger partial charge in [-0.05, 0) is 19.1 Å². The highest BCUT2D eigenvalue weighted by molar-refractivity contribution is 5.99. The van der Waals surface area contributed by atoms with Gasteiger partial charge in [-0.25, -0.2) is 0 Å². The van der Waals surface area contributed by atoms with Crippen LogP contribution >= 0.6 is 0 Å². The van der Waals surface area contributed by atoms with Crippen molar-refractivity contribution in [3.8, 4) is 0 Å². The molecule has 1 heterocycles. The zero-order valence-electron chi connectivity index (χ0n) is 16.6. The van der Waals surface area contributed by atoms with Crippen LogP contribution in [-0.4, -0.2) is 46.7 Å². The van der Waals surface area contributed by atoms with Crippen molar-refractivity contribution in [2.24, 2.45) is 5.92 Å². The number of hydrogen-bond donors (Lipinski definition) is 1. The molecule has 0 saturated carbocycles. The van der Waals surface area contributed by atoms with Crippen LogP contribution in [0.1, 0.15) is 32.7 Å². The van der Waals surface area contributed by atoms with Crippen LogP contribution in [0.3, 0.4) is 0 Å². The van der Waals surface area contributed by atoms with Gasteiger partial charge >= 0.3 is 5.97 Å². The molecule has 0 aromatic heterocycles. The molecule has 10 heteroatoms. The number of carbonyl (C=O) groups is 4. The summed E-state index contributed by atoms with van der Waals surface area (Å²) in [6, 6.07) is 11.9. The molecule has 2 aromatic carbocycles. The number of ether oxygens (including phenoxy) is 1. The van der Waals surface area contributed by atoms with Crippen LogP contribution in [0.2, 0.25) is 0 Å². The first-order valence-electron chi connectivity index (χ1n) is 9.37. The quantitative estimate of drug-likeness (QED) is 0.309. The highest BCUT2D eigenvalue weighted by Gasteiger charge is 2.36. The number of carbonyl (C=O) groups excluding carboxylic acids is 4. The number of non-ortho nitro benzene ring substituents is 1. The van der Waals surface area contributed by atoms with E-state index in [-0.39, 0.29) is 24.2 Å². The van der Waals surface area contributed by atoms with E-state index in [1.54, 1.807) is 18.2 Å². The Labute approximate surface area is 176 Å². The van der Waals surface area contributed by atoms with Crippen LogP contribution in [0.15, 0.2) is 48.5 Å². The highest BCUT2D eigenvalue weighted by atomic mass is 16.6.